The zero-order valence-electron chi connectivity index (χ0n) is 30.2. The molecule has 0 saturated carbocycles. The predicted octanol–water partition coefficient (Wildman–Crippen LogP) is 12.4. The van der Waals surface area contributed by atoms with Crippen molar-refractivity contribution in [1.29, 1.82) is 0 Å². The van der Waals surface area contributed by atoms with E-state index >= 15 is 0 Å². The minimum atomic E-state index is -0.618. The zero-order chi connectivity index (χ0) is 37.1. The van der Waals surface area contributed by atoms with Gasteiger partial charge in [0, 0.05) is 38.9 Å². The van der Waals surface area contributed by atoms with E-state index in [1.807, 2.05) is 42.2 Å². The van der Waals surface area contributed by atoms with Gasteiger partial charge in [-0.1, -0.05) is 176 Å². The van der Waals surface area contributed by atoms with Crippen molar-refractivity contribution in [2.45, 2.75) is 15.2 Å². The summed E-state index contributed by atoms with van der Waals surface area (Å²) in [5.74, 6) is 1.88. The van der Waals surface area contributed by atoms with E-state index in [0.717, 1.165) is 33.4 Å². The summed E-state index contributed by atoms with van der Waals surface area (Å²) in [6, 6.07) is 60.6. The van der Waals surface area contributed by atoms with E-state index < -0.39 is 5.41 Å². The normalized spacial score (nSPS) is 15.1. The molecule has 2 aliphatic rings. The first kappa shape index (κ1) is 32.5. The van der Waals surface area contributed by atoms with Crippen LogP contribution in [0.4, 0.5) is 0 Å². The molecule has 5 heteroatoms. The molecule has 11 rings (SSSR count). The molecule has 1 aliphatic heterocycles. The molecule has 1 aliphatic carbocycles. The second-order valence-electron chi connectivity index (χ2n) is 14.2. The fourth-order valence-electron chi connectivity index (χ4n) is 8.52. The summed E-state index contributed by atoms with van der Waals surface area (Å²) in [6.07, 6.45) is 8.22. The SMILES string of the molecule is C1=Cc2ccc(-c3nc(-c4ccccc4)nc(-c4ccc(-c5cccnc5)cc4)n3)cc2C2(c3ccccc31)c1ccccc1Sc1c2ccc2ccccc12. The van der Waals surface area contributed by atoms with E-state index in [9.17, 15) is 0 Å². The van der Waals surface area contributed by atoms with Crippen LogP contribution < -0.4 is 0 Å². The van der Waals surface area contributed by atoms with Crippen LogP contribution in [0.1, 0.15) is 33.4 Å². The van der Waals surface area contributed by atoms with Crippen LogP contribution in [0.25, 0.3) is 68.2 Å². The molecule has 262 valence electrons. The largest absolute Gasteiger partial charge is 0.264 e. The van der Waals surface area contributed by atoms with Crippen LogP contribution in [0.15, 0.2) is 192 Å². The van der Waals surface area contributed by atoms with Crippen molar-refractivity contribution in [1.82, 2.24) is 19.9 Å². The number of pyridine rings is 1. The van der Waals surface area contributed by atoms with Gasteiger partial charge in [0.1, 0.15) is 0 Å². The zero-order valence-corrected chi connectivity index (χ0v) is 31.0. The molecular weight excluding hydrogens is 701 g/mol. The second kappa shape index (κ2) is 13.1. The van der Waals surface area contributed by atoms with Gasteiger partial charge in [-0.25, -0.2) is 15.0 Å². The first-order valence-corrected chi connectivity index (χ1v) is 19.6. The standard InChI is InChI=1S/C51H32N4S/c1-2-13-37(14-3-1)48-53-49(38-25-20-33(21-26-38)40-15-10-30-52-32-40)55-50(54-48)39-27-24-36-23-22-35-12-5-7-17-42(35)51(45(36)31-39)43-18-8-9-19-46(43)56-47-41-16-6-4-11-34(41)28-29-44(47)51/h1-32H. The summed E-state index contributed by atoms with van der Waals surface area (Å²) in [4.78, 5) is 22.3. The van der Waals surface area contributed by atoms with Gasteiger partial charge in [0.05, 0.1) is 5.41 Å². The molecular formula is C51H32N4S. The highest BCUT2D eigenvalue weighted by Crippen LogP contribution is 2.59. The van der Waals surface area contributed by atoms with Crippen LogP contribution in [-0.2, 0) is 5.41 Å². The van der Waals surface area contributed by atoms with Gasteiger partial charge >= 0.3 is 0 Å². The number of hydrogen-bond donors (Lipinski definition) is 0. The Labute approximate surface area is 329 Å². The van der Waals surface area contributed by atoms with E-state index in [4.69, 9.17) is 15.0 Å². The number of hydrogen-bond acceptors (Lipinski definition) is 5. The van der Waals surface area contributed by atoms with Crippen LogP contribution >= 0.6 is 11.8 Å². The first-order chi connectivity index (χ1) is 27.7. The Morgan fingerprint density at radius 2 is 1.04 bits per heavy atom. The van der Waals surface area contributed by atoms with Crippen molar-refractivity contribution in [2.75, 3.05) is 0 Å². The lowest BCUT2D eigenvalue weighted by atomic mass is 9.63. The van der Waals surface area contributed by atoms with Crippen molar-refractivity contribution in [3.63, 3.8) is 0 Å². The number of benzene rings is 7. The molecule has 0 N–H and O–H groups in total. The number of fused-ring (bicyclic) bond motifs is 10. The van der Waals surface area contributed by atoms with E-state index in [2.05, 4.69) is 163 Å². The molecule has 0 saturated heterocycles. The summed E-state index contributed by atoms with van der Waals surface area (Å²) in [5, 5.41) is 2.50. The summed E-state index contributed by atoms with van der Waals surface area (Å²) < 4.78 is 0. The molecule has 2 aromatic heterocycles. The Morgan fingerprint density at radius 3 is 1.84 bits per heavy atom. The summed E-state index contributed by atoms with van der Waals surface area (Å²) in [7, 11) is 0. The maximum absolute atomic E-state index is 5.22. The van der Waals surface area contributed by atoms with E-state index in [0.29, 0.717) is 17.5 Å². The molecule has 7 aromatic carbocycles. The molecule has 1 atom stereocenters. The lowest BCUT2D eigenvalue weighted by Gasteiger charge is -2.43. The first-order valence-electron chi connectivity index (χ1n) is 18.8. The maximum Gasteiger partial charge on any atom is 0.164 e. The van der Waals surface area contributed by atoms with Crippen LogP contribution in [0.2, 0.25) is 0 Å². The summed E-state index contributed by atoms with van der Waals surface area (Å²) in [6.45, 7) is 0. The Bertz CT molecular complexity index is 3000. The molecule has 9 aromatic rings. The van der Waals surface area contributed by atoms with Crippen molar-refractivity contribution in [2.24, 2.45) is 0 Å². The van der Waals surface area contributed by atoms with Crippen LogP contribution in [0, 0.1) is 0 Å². The third-order valence-electron chi connectivity index (χ3n) is 11.1. The molecule has 1 spiro atoms. The van der Waals surface area contributed by atoms with E-state index in [1.54, 1.807) is 6.20 Å². The molecule has 3 heterocycles. The second-order valence-corrected chi connectivity index (χ2v) is 15.3. The third-order valence-corrected chi connectivity index (χ3v) is 12.3. The molecule has 0 radical (unpaired) electrons. The molecule has 1 unspecified atom stereocenters. The topological polar surface area (TPSA) is 51.6 Å². The van der Waals surface area contributed by atoms with Crippen LogP contribution in [0.5, 0.6) is 0 Å². The van der Waals surface area contributed by atoms with Gasteiger partial charge in [0.2, 0.25) is 0 Å². The van der Waals surface area contributed by atoms with Crippen molar-refractivity contribution >= 4 is 34.7 Å². The minimum Gasteiger partial charge on any atom is -0.264 e. The smallest absolute Gasteiger partial charge is 0.164 e. The Balaban J connectivity index is 1.17. The summed E-state index contributed by atoms with van der Waals surface area (Å²) >= 11 is 1.88. The molecule has 4 nitrogen and oxygen atoms in total. The monoisotopic (exact) mass is 732 g/mol. The van der Waals surface area contributed by atoms with Gasteiger partial charge in [-0.3, -0.25) is 4.98 Å². The van der Waals surface area contributed by atoms with E-state index in [-0.39, 0.29) is 0 Å². The van der Waals surface area contributed by atoms with E-state index in [1.165, 1.54) is 48.4 Å². The lowest BCUT2D eigenvalue weighted by molar-refractivity contribution is 0.704. The van der Waals surface area contributed by atoms with Gasteiger partial charge in [-0.15, -0.1) is 0 Å². The van der Waals surface area contributed by atoms with Gasteiger partial charge < -0.3 is 0 Å². The van der Waals surface area contributed by atoms with Gasteiger partial charge in [-0.05, 0) is 73.5 Å². The lowest BCUT2D eigenvalue weighted by Crippen LogP contribution is -2.35. The molecule has 0 amide bonds. The molecule has 56 heavy (non-hydrogen) atoms. The number of aromatic nitrogens is 4. The Kier molecular flexibility index (Phi) is 7.61. The van der Waals surface area contributed by atoms with Gasteiger partial charge in [0.25, 0.3) is 0 Å². The Hall–Kier alpha value is -6.95. The predicted molar refractivity (Wildman–Crippen MR) is 228 cm³/mol. The van der Waals surface area contributed by atoms with Crippen molar-refractivity contribution in [3.05, 3.63) is 216 Å². The third kappa shape index (κ3) is 5.16. The van der Waals surface area contributed by atoms with Crippen LogP contribution in [0.3, 0.4) is 0 Å². The highest BCUT2D eigenvalue weighted by atomic mass is 32.2. The maximum atomic E-state index is 5.22. The molecule has 0 fully saturated rings. The minimum absolute atomic E-state index is 0.618. The average molecular weight is 733 g/mol. The van der Waals surface area contributed by atoms with Crippen LogP contribution in [-0.4, -0.2) is 19.9 Å². The Morgan fingerprint density at radius 1 is 0.411 bits per heavy atom. The summed E-state index contributed by atoms with van der Waals surface area (Å²) in [5.41, 5.74) is 11.7. The fraction of sp³-hybridized carbons (Fsp3) is 0.0196. The van der Waals surface area contributed by atoms with Crippen molar-refractivity contribution in [3.8, 4) is 45.3 Å². The highest BCUT2D eigenvalue weighted by molar-refractivity contribution is 7.99. The van der Waals surface area contributed by atoms with Crippen molar-refractivity contribution < 1.29 is 0 Å². The van der Waals surface area contributed by atoms with Gasteiger partial charge in [0.15, 0.2) is 17.5 Å². The fourth-order valence-corrected chi connectivity index (χ4v) is 9.84. The average Bonchev–Trinajstić information content (AvgIpc) is 3.42. The highest BCUT2D eigenvalue weighted by Gasteiger charge is 2.47. The van der Waals surface area contributed by atoms with Gasteiger partial charge in [-0.2, -0.15) is 0 Å². The number of rotatable bonds is 4. The molecule has 0 bridgehead atoms. The quantitative estimate of drug-likeness (QED) is 0.180. The number of nitrogens with zero attached hydrogens (tertiary/aromatic N) is 4.